The Kier molecular flexibility index (Phi) is 10.1. The van der Waals surface area contributed by atoms with E-state index in [0.717, 1.165) is 0 Å². The topological polar surface area (TPSA) is 91.8 Å². The monoisotopic (exact) mass is 446 g/mol. The maximum absolute atomic E-state index is 12.6. The van der Waals surface area contributed by atoms with E-state index < -0.39 is 16.6 Å². The third-order valence-electron chi connectivity index (χ3n) is 3.16. The lowest BCUT2D eigenvalue weighted by Gasteiger charge is -2.14. The Morgan fingerprint density at radius 1 is 1.22 bits per heavy atom. The lowest BCUT2D eigenvalue weighted by atomic mass is 10.2. The average molecular weight is 447 g/mol. The van der Waals surface area contributed by atoms with Gasteiger partial charge in [0.15, 0.2) is 5.96 Å². The minimum atomic E-state index is -3.28. The molecule has 0 unspecified atom stereocenters. The molecule has 0 saturated carbocycles. The van der Waals surface area contributed by atoms with Crippen molar-refractivity contribution in [1.82, 2.24) is 15.4 Å². The third kappa shape index (κ3) is 8.91. The molecule has 0 saturated heterocycles. The molecule has 0 aliphatic carbocycles. The molecule has 27 heavy (non-hydrogen) atoms. The number of alkyl halides is 2. The van der Waals surface area contributed by atoms with Crippen LogP contribution in [0.15, 0.2) is 17.1 Å². The molecule has 1 aromatic rings. The summed E-state index contributed by atoms with van der Waals surface area (Å²) in [5.41, 5.74) is 0.289. The summed E-state index contributed by atoms with van der Waals surface area (Å²) in [5, 5.41) is 6.12. The molecule has 7 nitrogen and oxygen atoms in total. The van der Waals surface area contributed by atoms with Crippen LogP contribution < -0.4 is 20.1 Å². The number of hydrogen-bond donors (Lipinski definition) is 3. The van der Waals surface area contributed by atoms with Crippen molar-refractivity contribution in [2.75, 3.05) is 25.4 Å². The van der Waals surface area contributed by atoms with Crippen LogP contribution in [0.4, 0.5) is 8.78 Å². The molecule has 0 radical (unpaired) electrons. The summed E-state index contributed by atoms with van der Waals surface area (Å²) >= 11 is 11.8. The normalized spacial score (nSPS) is 12.3. The van der Waals surface area contributed by atoms with Gasteiger partial charge in [-0.3, -0.25) is 0 Å². The van der Waals surface area contributed by atoms with Crippen molar-refractivity contribution >= 4 is 39.2 Å². The van der Waals surface area contributed by atoms with Crippen molar-refractivity contribution in [3.8, 4) is 5.75 Å². The van der Waals surface area contributed by atoms with Crippen LogP contribution in [0, 0.1) is 0 Å². The number of guanidine groups is 1. The van der Waals surface area contributed by atoms with Crippen LogP contribution in [0.3, 0.4) is 0 Å². The zero-order valence-corrected chi connectivity index (χ0v) is 17.2. The van der Waals surface area contributed by atoms with Gasteiger partial charge in [0.2, 0.25) is 10.0 Å². The quantitative estimate of drug-likeness (QED) is 0.291. The number of aliphatic imine (C=N–C) groups is 1. The molecule has 0 aromatic heterocycles. The Bertz CT molecular complexity index is 749. The van der Waals surface area contributed by atoms with E-state index in [4.69, 9.17) is 23.2 Å². The minimum absolute atomic E-state index is 0.0103. The summed E-state index contributed by atoms with van der Waals surface area (Å²) in [6.07, 6.45) is 0. The molecule has 0 spiro atoms. The van der Waals surface area contributed by atoms with Gasteiger partial charge >= 0.3 is 6.61 Å². The highest BCUT2D eigenvalue weighted by Crippen LogP contribution is 2.34. The molecule has 3 N–H and O–H groups in total. The van der Waals surface area contributed by atoms with E-state index in [1.807, 2.05) is 6.92 Å². The molecule has 0 fully saturated rings. The predicted octanol–water partition coefficient (Wildman–Crippen LogP) is 2.59. The van der Waals surface area contributed by atoms with Gasteiger partial charge in [-0.1, -0.05) is 23.2 Å². The fourth-order valence-corrected chi connectivity index (χ4v) is 3.14. The van der Waals surface area contributed by atoms with E-state index in [1.165, 1.54) is 19.1 Å². The first-order valence-electron chi connectivity index (χ1n) is 8.10. The van der Waals surface area contributed by atoms with Crippen LogP contribution in [0.25, 0.3) is 0 Å². The second-order valence-electron chi connectivity index (χ2n) is 5.17. The number of benzene rings is 1. The smallest absolute Gasteiger partial charge is 0.387 e. The minimum Gasteiger partial charge on any atom is -0.433 e. The van der Waals surface area contributed by atoms with Crippen LogP contribution in [0.5, 0.6) is 5.75 Å². The van der Waals surface area contributed by atoms with E-state index in [9.17, 15) is 17.2 Å². The zero-order valence-electron chi connectivity index (χ0n) is 14.9. The predicted molar refractivity (Wildman–Crippen MR) is 103 cm³/mol. The lowest BCUT2D eigenvalue weighted by Crippen LogP contribution is -2.41. The summed E-state index contributed by atoms with van der Waals surface area (Å²) in [4.78, 5) is 4.26. The van der Waals surface area contributed by atoms with Crippen molar-refractivity contribution in [2.45, 2.75) is 27.0 Å². The SMILES string of the molecule is CCNC(=NCc1cc(Cl)cc(Cl)c1OC(F)F)NCCNS(=O)(=O)CC. The number of nitrogens with one attached hydrogen (secondary N) is 3. The summed E-state index contributed by atoms with van der Waals surface area (Å²) in [5.74, 6) is 0.169. The van der Waals surface area contributed by atoms with Gasteiger partial charge in [0, 0.05) is 30.2 Å². The first-order valence-corrected chi connectivity index (χ1v) is 10.5. The molecule has 0 bridgehead atoms. The van der Waals surface area contributed by atoms with Crippen molar-refractivity contribution < 1.29 is 21.9 Å². The number of sulfonamides is 1. The van der Waals surface area contributed by atoms with E-state index in [0.29, 0.717) is 12.5 Å². The fraction of sp³-hybridized carbons (Fsp3) is 0.533. The second kappa shape index (κ2) is 11.5. The third-order valence-corrected chi connectivity index (χ3v) is 5.07. The molecule has 0 aliphatic rings. The summed E-state index contributed by atoms with van der Waals surface area (Å²) in [6, 6.07) is 2.74. The highest BCUT2D eigenvalue weighted by molar-refractivity contribution is 7.89. The summed E-state index contributed by atoms with van der Waals surface area (Å²) in [7, 11) is -3.28. The molecule has 1 aromatic carbocycles. The Hall–Kier alpha value is -1.36. The number of nitrogens with zero attached hydrogens (tertiary/aromatic N) is 1. The lowest BCUT2D eigenvalue weighted by molar-refractivity contribution is -0.0503. The highest BCUT2D eigenvalue weighted by atomic mass is 35.5. The van der Waals surface area contributed by atoms with Crippen molar-refractivity contribution in [3.63, 3.8) is 0 Å². The molecule has 0 atom stereocenters. The first kappa shape index (κ1) is 23.7. The van der Waals surface area contributed by atoms with Crippen LogP contribution >= 0.6 is 23.2 Å². The number of hydrogen-bond acceptors (Lipinski definition) is 4. The molecule has 154 valence electrons. The van der Waals surface area contributed by atoms with E-state index >= 15 is 0 Å². The van der Waals surface area contributed by atoms with Gasteiger partial charge in [-0.2, -0.15) is 8.78 Å². The van der Waals surface area contributed by atoms with E-state index in [2.05, 4.69) is 25.1 Å². The van der Waals surface area contributed by atoms with Gasteiger partial charge in [-0.05, 0) is 26.0 Å². The number of ether oxygens (including phenoxy) is 1. The average Bonchev–Trinajstić information content (AvgIpc) is 2.58. The number of rotatable bonds is 10. The van der Waals surface area contributed by atoms with Gasteiger partial charge < -0.3 is 15.4 Å². The highest BCUT2D eigenvalue weighted by Gasteiger charge is 2.15. The van der Waals surface area contributed by atoms with E-state index in [1.54, 1.807) is 0 Å². The first-order chi connectivity index (χ1) is 12.7. The standard InChI is InChI=1S/C15H22Cl2F2N4O3S/c1-3-20-15(21-5-6-23-27(24,25)4-2)22-9-10-7-11(16)8-12(17)13(10)26-14(18)19/h7-8,14,23H,3-6,9H2,1-2H3,(H2,20,21,22). The van der Waals surface area contributed by atoms with Gasteiger partial charge in [-0.15, -0.1) is 0 Å². The maximum atomic E-state index is 12.6. The van der Waals surface area contributed by atoms with Gasteiger partial charge in [-0.25, -0.2) is 18.1 Å². The molecule has 0 amide bonds. The Balaban J connectivity index is 2.82. The summed E-state index contributed by atoms with van der Waals surface area (Å²) in [6.45, 7) is 1.31. The van der Waals surface area contributed by atoms with E-state index in [-0.39, 0.29) is 46.7 Å². The largest absolute Gasteiger partial charge is 0.433 e. The van der Waals surface area contributed by atoms with Gasteiger partial charge in [0.1, 0.15) is 5.75 Å². The molecule has 12 heteroatoms. The Morgan fingerprint density at radius 2 is 1.93 bits per heavy atom. The molecule has 0 aliphatic heterocycles. The van der Waals surface area contributed by atoms with Crippen LogP contribution in [0.2, 0.25) is 10.0 Å². The van der Waals surface area contributed by atoms with Gasteiger partial charge in [0.25, 0.3) is 0 Å². The maximum Gasteiger partial charge on any atom is 0.387 e. The number of halogens is 4. The van der Waals surface area contributed by atoms with Crippen molar-refractivity contribution in [1.29, 1.82) is 0 Å². The van der Waals surface area contributed by atoms with Crippen molar-refractivity contribution in [3.05, 3.63) is 27.7 Å². The molecular weight excluding hydrogens is 425 g/mol. The Morgan fingerprint density at radius 3 is 2.52 bits per heavy atom. The molecule has 1 rings (SSSR count). The fourth-order valence-electron chi connectivity index (χ4n) is 1.95. The van der Waals surface area contributed by atoms with Crippen LogP contribution in [-0.2, 0) is 16.6 Å². The zero-order chi connectivity index (χ0) is 20.4. The molecular formula is C15H22Cl2F2N4O3S. The summed E-state index contributed by atoms with van der Waals surface area (Å²) < 4.78 is 54.8. The van der Waals surface area contributed by atoms with Crippen molar-refractivity contribution in [2.24, 2.45) is 4.99 Å². The van der Waals surface area contributed by atoms with Gasteiger partial charge in [0.05, 0.1) is 17.3 Å². The second-order valence-corrected chi connectivity index (χ2v) is 8.11. The molecule has 0 heterocycles. The Labute approximate surface area is 167 Å². The van der Waals surface area contributed by atoms with Crippen LogP contribution in [-0.4, -0.2) is 46.4 Å². The van der Waals surface area contributed by atoms with Crippen LogP contribution in [0.1, 0.15) is 19.4 Å².